The highest BCUT2D eigenvalue weighted by molar-refractivity contribution is 5.88. The summed E-state index contributed by atoms with van der Waals surface area (Å²) in [6.07, 6.45) is 2.64. The number of pyridine rings is 1. The molecule has 0 aliphatic carbocycles. The summed E-state index contributed by atoms with van der Waals surface area (Å²) in [5.74, 6) is -0.706. The zero-order chi connectivity index (χ0) is 15.4. The number of nitrogens with zero attached hydrogens (tertiary/aromatic N) is 4. The van der Waals surface area contributed by atoms with Crippen LogP contribution < -0.4 is 5.32 Å². The van der Waals surface area contributed by atoms with Crippen LogP contribution in [0.15, 0.2) is 24.5 Å². The Kier molecular flexibility index (Phi) is 4.02. The van der Waals surface area contributed by atoms with Crippen LogP contribution in [0.25, 0.3) is 0 Å². The van der Waals surface area contributed by atoms with Gasteiger partial charge < -0.3 is 10.4 Å². The van der Waals surface area contributed by atoms with Crippen molar-refractivity contribution < 1.29 is 14.8 Å². The zero-order valence-corrected chi connectivity index (χ0v) is 11.0. The lowest BCUT2D eigenvalue weighted by Crippen LogP contribution is -2.08. The van der Waals surface area contributed by atoms with Crippen molar-refractivity contribution in [3.05, 3.63) is 51.7 Å². The van der Waals surface area contributed by atoms with Gasteiger partial charge in [0.05, 0.1) is 22.7 Å². The van der Waals surface area contributed by atoms with E-state index in [9.17, 15) is 14.9 Å². The molecule has 0 atom stereocenters. The third-order valence-electron chi connectivity index (χ3n) is 2.58. The van der Waals surface area contributed by atoms with Gasteiger partial charge in [0.2, 0.25) is 5.82 Å². The van der Waals surface area contributed by atoms with E-state index in [4.69, 9.17) is 5.11 Å². The minimum Gasteiger partial charge on any atom is -0.478 e. The fraction of sp³-hybridized carbons (Fsp3) is 0.167. The minimum atomic E-state index is -1.27. The molecule has 0 amide bonds. The summed E-state index contributed by atoms with van der Waals surface area (Å²) >= 11 is 0. The Morgan fingerprint density at radius 2 is 2.24 bits per heavy atom. The van der Waals surface area contributed by atoms with Crippen molar-refractivity contribution >= 4 is 17.5 Å². The average molecular weight is 289 g/mol. The van der Waals surface area contributed by atoms with Crippen molar-refractivity contribution in [2.24, 2.45) is 0 Å². The zero-order valence-electron chi connectivity index (χ0n) is 11.0. The highest BCUT2D eigenvalue weighted by Gasteiger charge is 2.18. The number of aromatic nitrogens is 3. The van der Waals surface area contributed by atoms with Gasteiger partial charge in [0.15, 0.2) is 0 Å². The molecule has 0 unspecified atom stereocenters. The summed E-state index contributed by atoms with van der Waals surface area (Å²) < 4.78 is 0. The molecule has 0 spiro atoms. The number of anilines is 1. The van der Waals surface area contributed by atoms with Crippen LogP contribution in [0.4, 0.5) is 11.5 Å². The van der Waals surface area contributed by atoms with E-state index in [1.54, 1.807) is 19.2 Å². The fourth-order valence-corrected chi connectivity index (χ4v) is 1.62. The number of nitro groups is 1. The van der Waals surface area contributed by atoms with Crippen molar-refractivity contribution in [2.45, 2.75) is 13.5 Å². The van der Waals surface area contributed by atoms with Gasteiger partial charge in [0, 0.05) is 18.5 Å². The standard InChI is InChI=1S/C12H11N5O4/c1-7-13-3-2-9(16-7)6-15-11-10(17(20)21)4-8(5-14-11)12(18)19/h2-5H,6H2,1H3,(H,14,15)(H,18,19). The Labute approximate surface area is 118 Å². The van der Waals surface area contributed by atoms with Gasteiger partial charge in [-0.05, 0) is 13.0 Å². The molecule has 0 saturated carbocycles. The molecule has 2 aromatic heterocycles. The van der Waals surface area contributed by atoms with E-state index in [0.717, 1.165) is 12.3 Å². The molecule has 2 rings (SSSR count). The van der Waals surface area contributed by atoms with E-state index in [-0.39, 0.29) is 17.9 Å². The second kappa shape index (κ2) is 5.90. The van der Waals surface area contributed by atoms with Gasteiger partial charge >= 0.3 is 11.7 Å². The van der Waals surface area contributed by atoms with Gasteiger partial charge in [-0.1, -0.05) is 0 Å². The Morgan fingerprint density at radius 1 is 1.48 bits per heavy atom. The molecule has 2 N–H and O–H groups in total. The first-order valence-corrected chi connectivity index (χ1v) is 5.87. The summed E-state index contributed by atoms with van der Waals surface area (Å²) in [7, 11) is 0. The van der Waals surface area contributed by atoms with Crippen LogP contribution in [0.1, 0.15) is 21.9 Å². The largest absolute Gasteiger partial charge is 0.478 e. The Hall–Kier alpha value is -3.10. The highest BCUT2D eigenvalue weighted by Crippen LogP contribution is 2.23. The van der Waals surface area contributed by atoms with E-state index in [1.165, 1.54) is 0 Å². The predicted octanol–water partition coefficient (Wildman–Crippen LogP) is 1.40. The van der Waals surface area contributed by atoms with E-state index in [1.807, 2.05) is 0 Å². The summed E-state index contributed by atoms with van der Waals surface area (Å²) in [5, 5.41) is 22.6. The third-order valence-corrected chi connectivity index (χ3v) is 2.58. The maximum absolute atomic E-state index is 11.0. The Balaban J connectivity index is 2.23. The smallest absolute Gasteiger partial charge is 0.337 e. The first kappa shape index (κ1) is 14.3. The fourth-order valence-electron chi connectivity index (χ4n) is 1.62. The van der Waals surface area contributed by atoms with Crippen LogP contribution in [0.3, 0.4) is 0 Å². The van der Waals surface area contributed by atoms with Gasteiger partial charge in [-0.2, -0.15) is 0 Å². The second-order valence-electron chi connectivity index (χ2n) is 4.10. The molecule has 0 aliphatic heterocycles. The summed E-state index contributed by atoms with van der Waals surface area (Å²) in [4.78, 5) is 33.0. The number of carbonyl (C=O) groups is 1. The van der Waals surface area contributed by atoms with Crippen molar-refractivity contribution in [3.8, 4) is 0 Å². The Bertz CT molecular complexity index is 704. The molecule has 0 saturated heterocycles. The molecule has 0 aliphatic rings. The number of aromatic carboxylic acids is 1. The van der Waals surface area contributed by atoms with Crippen LogP contribution in [-0.4, -0.2) is 31.0 Å². The monoisotopic (exact) mass is 289 g/mol. The lowest BCUT2D eigenvalue weighted by molar-refractivity contribution is -0.384. The molecular weight excluding hydrogens is 278 g/mol. The van der Waals surface area contributed by atoms with E-state index in [2.05, 4.69) is 20.3 Å². The van der Waals surface area contributed by atoms with Gasteiger partial charge in [-0.15, -0.1) is 0 Å². The van der Waals surface area contributed by atoms with Crippen LogP contribution in [-0.2, 0) is 6.54 Å². The molecule has 0 aromatic carbocycles. The molecule has 2 heterocycles. The minimum absolute atomic E-state index is 0.0127. The van der Waals surface area contributed by atoms with Crippen LogP contribution in [0.2, 0.25) is 0 Å². The number of nitrogens with one attached hydrogen (secondary N) is 1. The maximum atomic E-state index is 11.0. The summed E-state index contributed by atoms with van der Waals surface area (Å²) in [5.41, 5.74) is -0.00767. The number of aryl methyl sites for hydroxylation is 1. The highest BCUT2D eigenvalue weighted by atomic mass is 16.6. The quantitative estimate of drug-likeness (QED) is 0.623. The van der Waals surface area contributed by atoms with Gasteiger partial charge in [0.1, 0.15) is 5.82 Å². The maximum Gasteiger partial charge on any atom is 0.337 e. The molecule has 9 heteroatoms. The molecule has 21 heavy (non-hydrogen) atoms. The average Bonchev–Trinajstić information content (AvgIpc) is 2.44. The van der Waals surface area contributed by atoms with Crippen LogP contribution in [0.5, 0.6) is 0 Å². The number of carboxylic acid groups (broad SMARTS) is 1. The van der Waals surface area contributed by atoms with Gasteiger partial charge in [0.25, 0.3) is 0 Å². The van der Waals surface area contributed by atoms with E-state index < -0.39 is 16.6 Å². The van der Waals surface area contributed by atoms with Gasteiger partial charge in [-0.3, -0.25) is 10.1 Å². The molecule has 2 aromatic rings. The van der Waals surface area contributed by atoms with Crippen molar-refractivity contribution in [3.63, 3.8) is 0 Å². The lowest BCUT2D eigenvalue weighted by Gasteiger charge is -2.06. The topological polar surface area (TPSA) is 131 Å². The van der Waals surface area contributed by atoms with Crippen molar-refractivity contribution in [2.75, 3.05) is 5.32 Å². The van der Waals surface area contributed by atoms with Crippen LogP contribution >= 0.6 is 0 Å². The molecule has 108 valence electrons. The number of hydrogen-bond acceptors (Lipinski definition) is 7. The molecule has 0 radical (unpaired) electrons. The first-order valence-electron chi connectivity index (χ1n) is 5.87. The third kappa shape index (κ3) is 3.47. The van der Waals surface area contributed by atoms with E-state index >= 15 is 0 Å². The summed E-state index contributed by atoms with van der Waals surface area (Å²) in [6, 6.07) is 2.63. The SMILES string of the molecule is Cc1nccc(CNc2ncc(C(=O)O)cc2[N+](=O)[O-])n1. The summed E-state index contributed by atoms with van der Waals surface area (Å²) in [6.45, 7) is 1.94. The second-order valence-corrected chi connectivity index (χ2v) is 4.10. The number of rotatable bonds is 5. The van der Waals surface area contributed by atoms with Crippen molar-refractivity contribution in [1.82, 2.24) is 15.0 Å². The van der Waals surface area contributed by atoms with Crippen LogP contribution in [0, 0.1) is 17.0 Å². The number of hydrogen-bond donors (Lipinski definition) is 2. The van der Waals surface area contributed by atoms with Crippen molar-refractivity contribution in [1.29, 1.82) is 0 Å². The van der Waals surface area contributed by atoms with E-state index in [0.29, 0.717) is 11.5 Å². The number of carboxylic acids is 1. The normalized spacial score (nSPS) is 10.1. The molecule has 0 bridgehead atoms. The lowest BCUT2D eigenvalue weighted by atomic mass is 10.2. The molecular formula is C12H11N5O4. The Morgan fingerprint density at radius 3 is 2.86 bits per heavy atom. The predicted molar refractivity (Wildman–Crippen MR) is 71.9 cm³/mol. The molecule has 9 nitrogen and oxygen atoms in total. The van der Waals surface area contributed by atoms with Gasteiger partial charge in [-0.25, -0.2) is 19.7 Å². The first-order chi connectivity index (χ1) is 9.97. The molecule has 0 fully saturated rings.